The van der Waals surface area contributed by atoms with Crippen molar-refractivity contribution in [1.29, 1.82) is 0 Å². The van der Waals surface area contributed by atoms with Crippen LogP contribution in [0.25, 0.3) is 0 Å². The molecule has 86 valence electrons. The summed E-state index contributed by atoms with van der Waals surface area (Å²) in [5.41, 5.74) is -0.748. The summed E-state index contributed by atoms with van der Waals surface area (Å²) in [5.74, 6) is 0.371. The topological polar surface area (TPSA) is 42.8 Å². The van der Waals surface area contributed by atoms with Crippen molar-refractivity contribution in [3.63, 3.8) is 0 Å². The number of methoxy groups -OCH3 is 1. The molecule has 0 amide bonds. The van der Waals surface area contributed by atoms with Gasteiger partial charge in [-0.3, -0.25) is 9.67 Å². The van der Waals surface area contributed by atoms with E-state index in [0.29, 0.717) is 5.82 Å². The van der Waals surface area contributed by atoms with E-state index in [9.17, 15) is 8.78 Å². The molecule has 0 aliphatic heterocycles. The standard InChI is InChI=1S/C8H13F2N3OS/c1-8(2,14-3)6-11-12-7(15)13(6)4-5(9)10/h5H,4H2,1-3H3,(H,12,15). The fourth-order valence-electron chi connectivity index (χ4n) is 1.18. The van der Waals surface area contributed by atoms with E-state index in [1.807, 2.05) is 0 Å². The summed E-state index contributed by atoms with van der Waals surface area (Å²) in [6.45, 7) is 3.00. The Hall–Kier alpha value is -0.820. The Morgan fingerprint density at radius 2 is 2.20 bits per heavy atom. The molecule has 1 aromatic heterocycles. The molecule has 0 fully saturated rings. The van der Waals surface area contributed by atoms with Gasteiger partial charge in [0.2, 0.25) is 0 Å². The lowest BCUT2D eigenvalue weighted by atomic mass is 10.1. The summed E-state index contributed by atoms with van der Waals surface area (Å²) in [6, 6.07) is 0. The first-order chi connectivity index (χ1) is 6.88. The summed E-state index contributed by atoms with van der Waals surface area (Å²) < 4.78 is 31.2. The largest absolute Gasteiger partial charge is 0.371 e. The third-order valence-corrected chi connectivity index (χ3v) is 2.44. The van der Waals surface area contributed by atoms with Gasteiger partial charge in [0.05, 0.1) is 6.54 Å². The normalized spacial score (nSPS) is 12.4. The molecule has 0 unspecified atom stereocenters. The van der Waals surface area contributed by atoms with Crippen LogP contribution in [0.4, 0.5) is 8.78 Å². The Morgan fingerprint density at radius 1 is 1.60 bits per heavy atom. The first-order valence-corrected chi connectivity index (χ1v) is 4.78. The molecule has 1 heterocycles. The van der Waals surface area contributed by atoms with Crippen molar-refractivity contribution in [2.45, 2.75) is 32.4 Å². The van der Waals surface area contributed by atoms with Gasteiger partial charge in [0.1, 0.15) is 5.60 Å². The maximum Gasteiger partial charge on any atom is 0.256 e. The highest BCUT2D eigenvalue weighted by Crippen LogP contribution is 2.22. The van der Waals surface area contributed by atoms with E-state index in [2.05, 4.69) is 10.2 Å². The number of rotatable bonds is 4. The molecule has 15 heavy (non-hydrogen) atoms. The summed E-state index contributed by atoms with van der Waals surface area (Å²) >= 11 is 4.86. The highest BCUT2D eigenvalue weighted by molar-refractivity contribution is 7.71. The molecule has 0 atom stereocenters. The summed E-state index contributed by atoms with van der Waals surface area (Å²) in [5, 5.41) is 6.38. The number of hydrogen-bond acceptors (Lipinski definition) is 3. The molecule has 1 rings (SSSR count). The van der Waals surface area contributed by atoms with Crippen molar-refractivity contribution >= 4 is 12.2 Å². The van der Waals surface area contributed by atoms with Crippen LogP contribution in [0.1, 0.15) is 19.7 Å². The van der Waals surface area contributed by atoms with Crippen LogP contribution in [-0.2, 0) is 16.9 Å². The maximum absolute atomic E-state index is 12.3. The van der Waals surface area contributed by atoms with Crippen LogP contribution in [0.3, 0.4) is 0 Å². The monoisotopic (exact) mass is 237 g/mol. The van der Waals surface area contributed by atoms with Gasteiger partial charge >= 0.3 is 0 Å². The van der Waals surface area contributed by atoms with E-state index in [1.165, 1.54) is 11.7 Å². The lowest BCUT2D eigenvalue weighted by Crippen LogP contribution is -2.26. The minimum absolute atomic E-state index is 0.176. The van der Waals surface area contributed by atoms with E-state index in [-0.39, 0.29) is 4.77 Å². The van der Waals surface area contributed by atoms with Gasteiger partial charge in [-0.05, 0) is 26.1 Å². The molecule has 0 saturated carbocycles. The van der Waals surface area contributed by atoms with Crippen molar-refractivity contribution in [3.05, 3.63) is 10.6 Å². The van der Waals surface area contributed by atoms with Gasteiger partial charge in [-0.25, -0.2) is 8.78 Å². The predicted molar refractivity (Wildman–Crippen MR) is 53.5 cm³/mol. The Bertz CT molecular complexity index is 385. The van der Waals surface area contributed by atoms with Gasteiger partial charge in [0.25, 0.3) is 6.43 Å². The van der Waals surface area contributed by atoms with Crippen LogP contribution in [0.2, 0.25) is 0 Å². The van der Waals surface area contributed by atoms with Crippen molar-refractivity contribution in [1.82, 2.24) is 14.8 Å². The van der Waals surface area contributed by atoms with Crippen LogP contribution >= 0.6 is 12.2 Å². The molecule has 1 N–H and O–H groups in total. The smallest absolute Gasteiger partial charge is 0.256 e. The van der Waals surface area contributed by atoms with Crippen LogP contribution in [0.5, 0.6) is 0 Å². The summed E-state index contributed by atoms with van der Waals surface area (Å²) in [4.78, 5) is 0. The molecule has 0 aliphatic rings. The van der Waals surface area contributed by atoms with Gasteiger partial charge in [0.15, 0.2) is 10.6 Å². The van der Waals surface area contributed by atoms with Gasteiger partial charge in [-0.15, -0.1) is 0 Å². The van der Waals surface area contributed by atoms with Gasteiger partial charge in [-0.1, -0.05) is 0 Å². The zero-order valence-electron chi connectivity index (χ0n) is 8.75. The Labute approximate surface area is 91.3 Å². The number of alkyl halides is 2. The number of H-pyrrole nitrogens is 1. The van der Waals surface area contributed by atoms with E-state index < -0.39 is 18.6 Å². The van der Waals surface area contributed by atoms with Crippen molar-refractivity contribution < 1.29 is 13.5 Å². The molecular weight excluding hydrogens is 224 g/mol. The second kappa shape index (κ2) is 4.36. The number of halogens is 2. The zero-order valence-corrected chi connectivity index (χ0v) is 9.57. The number of nitrogens with one attached hydrogen (secondary N) is 1. The molecule has 0 aliphatic carbocycles. The zero-order chi connectivity index (χ0) is 11.6. The maximum atomic E-state index is 12.3. The number of hydrogen-bond donors (Lipinski definition) is 1. The average molecular weight is 237 g/mol. The van der Waals surface area contributed by atoms with Crippen molar-refractivity contribution in [2.75, 3.05) is 7.11 Å². The molecule has 4 nitrogen and oxygen atoms in total. The Balaban J connectivity index is 3.14. The molecular formula is C8H13F2N3OS. The minimum Gasteiger partial charge on any atom is -0.371 e. The van der Waals surface area contributed by atoms with E-state index in [4.69, 9.17) is 17.0 Å². The van der Waals surface area contributed by atoms with Crippen LogP contribution in [0.15, 0.2) is 0 Å². The third kappa shape index (κ3) is 2.60. The van der Waals surface area contributed by atoms with Gasteiger partial charge in [-0.2, -0.15) is 5.10 Å². The molecule has 0 radical (unpaired) electrons. The third-order valence-electron chi connectivity index (χ3n) is 2.13. The van der Waals surface area contributed by atoms with Gasteiger partial charge in [0, 0.05) is 7.11 Å². The van der Waals surface area contributed by atoms with Crippen LogP contribution < -0.4 is 0 Å². The van der Waals surface area contributed by atoms with Gasteiger partial charge < -0.3 is 4.74 Å². The molecule has 1 aromatic rings. The highest BCUT2D eigenvalue weighted by atomic mass is 32.1. The minimum atomic E-state index is -2.47. The van der Waals surface area contributed by atoms with Crippen LogP contribution in [0, 0.1) is 4.77 Å². The Kier molecular flexibility index (Phi) is 3.56. The SMILES string of the molecule is COC(C)(C)c1n[nH]c(=S)n1CC(F)F. The first-order valence-electron chi connectivity index (χ1n) is 4.37. The Morgan fingerprint density at radius 3 is 2.67 bits per heavy atom. The molecule has 0 bridgehead atoms. The number of ether oxygens (including phenoxy) is 1. The van der Waals surface area contributed by atoms with E-state index in [1.54, 1.807) is 13.8 Å². The number of nitrogens with zero attached hydrogens (tertiary/aromatic N) is 2. The fraction of sp³-hybridized carbons (Fsp3) is 0.750. The fourth-order valence-corrected chi connectivity index (χ4v) is 1.38. The lowest BCUT2D eigenvalue weighted by Gasteiger charge is -2.22. The van der Waals surface area contributed by atoms with Crippen molar-refractivity contribution in [2.24, 2.45) is 0 Å². The highest BCUT2D eigenvalue weighted by Gasteiger charge is 2.27. The molecule has 0 spiro atoms. The lowest BCUT2D eigenvalue weighted by molar-refractivity contribution is 0.00551. The average Bonchev–Trinajstić information content (AvgIpc) is 2.48. The first kappa shape index (κ1) is 12.3. The quantitative estimate of drug-likeness (QED) is 0.815. The van der Waals surface area contributed by atoms with E-state index in [0.717, 1.165) is 0 Å². The second-order valence-corrected chi connectivity index (χ2v) is 3.96. The molecule has 7 heteroatoms. The number of aromatic nitrogens is 3. The van der Waals surface area contributed by atoms with Crippen molar-refractivity contribution in [3.8, 4) is 0 Å². The number of aromatic amines is 1. The second-order valence-electron chi connectivity index (χ2n) is 3.57. The van der Waals surface area contributed by atoms with E-state index >= 15 is 0 Å². The summed E-state index contributed by atoms with van der Waals surface area (Å²) in [7, 11) is 1.49. The summed E-state index contributed by atoms with van der Waals surface area (Å²) in [6.07, 6.45) is -2.47. The predicted octanol–water partition coefficient (Wildman–Crippen LogP) is 2.09. The molecule has 0 aromatic carbocycles. The molecule has 0 saturated heterocycles. The van der Waals surface area contributed by atoms with Crippen LogP contribution in [-0.4, -0.2) is 28.3 Å².